The molecule has 0 bridgehead atoms. The van der Waals surface area contributed by atoms with Gasteiger partial charge in [-0.2, -0.15) is 8.78 Å². The van der Waals surface area contributed by atoms with Crippen molar-refractivity contribution in [2.45, 2.75) is 31.4 Å². The molecule has 2 aliphatic rings. The zero-order valence-corrected chi connectivity index (χ0v) is 13.0. The van der Waals surface area contributed by atoms with Gasteiger partial charge in [0.05, 0.1) is 6.10 Å². The number of allylic oxidation sites excluding steroid dienone is 4. The molecule has 0 heterocycles. The third-order valence-electron chi connectivity index (χ3n) is 3.70. The second-order valence-electron chi connectivity index (χ2n) is 5.52. The molecular formula is C15H10F10O2. The fourth-order valence-corrected chi connectivity index (χ4v) is 2.72. The van der Waals surface area contributed by atoms with E-state index in [2.05, 4.69) is 9.47 Å². The molecule has 2 rings (SSSR count). The highest BCUT2D eigenvalue weighted by Gasteiger charge is 2.52. The highest BCUT2D eigenvalue weighted by atomic mass is 19.4. The molecule has 0 saturated carbocycles. The normalized spacial score (nSPS) is 25.0. The topological polar surface area (TPSA) is 18.5 Å². The average Bonchev–Trinajstić information content (AvgIpc) is 2.42. The van der Waals surface area contributed by atoms with E-state index in [-0.39, 0.29) is 6.08 Å². The summed E-state index contributed by atoms with van der Waals surface area (Å²) in [7, 11) is 0. The number of hydrogen-bond acceptors (Lipinski definition) is 2. The molecule has 0 saturated heterocycles. The van der Waals surface area contributed by atoms with E-state index in [4.69, 9.17) is 0 Å². The molecule has 0 aromatic rings. The van der Waals surface area contributed by atoms with Crippen LogP contribution in [0.15, 0.2) is 46.6 Å². The van der Waals surface area contributed by atoms with Crippen LogP contribution in [0.1, 0.15) is 12.8 Å². The summed E-state index contributed by atoms with van der Waals surface area (Å²) in [5, 5.41) is 0. The van der Waals surface area contributed by atoms with Crippen molar-refractivity contribution >= 4 is 0 Å². The number of hydrogen-bond donors (Lipinski definition) is 0. The van der Waals surface area contributed by atoms with Gasteiger partial charge in [0.2, 0.25) is 0 Å². The molecular weight excluding hydrogens is 402 g/mol. The smallest absolute Gasteiger partial charge is 0.343 e. The predicted octanol–water partition coefficient (Wildman–Crippen LogP) is 6.01. The number of alkyl halides is 6. The van der Waals surface area contributed by atoms with Crippen LogP contribution in [0.2, 0.25) is 0 Å². The zero-order valence-electron chi connectivity index (χ0n) is 13.0. The van der Waals surface area contributed by atoms with Crippen molar-refractivity contribution in [2.75, 3.05) is 6.86 Å². The number of halogens is 10. The summed E-state index contributed by atoms with van der Waals surface area (Å²) in [5.74, 6) is -8.60. The summed E-state index contributed by atoms with van der Waals surface area (Å²) in [5.41, 5.74) is -3.20. The molecule has 0 amide bonds. The second-order valence-corrected chi connectivity index (χ2v) is 5.52. The van der Waals surface area contributed by atoms with Gasteiger partial charge >= 0.3 is 12.5 Å². The van der Waals surface area contributed by atoms with E-state index in [1.807, 2.05) is 0 Å². The molecule has 2 nitrogen and oxygen atoms in total. The predicted molar refractivity (Wildman–Crippen MR) is 70.3 cm³/mol. The molecule has 2 aliphatic carbocycles. The Kier molecular flexibility index (Phi) is 6.10. The van der Waals surface area contributed by atoms with E-state index in [1.54, 1.807) is 0 Å². The first kappa shape index (κ1) is 21.5. The highest BCUT2D eigenvalue weighted by molar-refractivity contribution is 5.44. The molecule has 27 heavy (non-hydrogen) atoms. The minimum atomic E-state index is -5.90. The van der Waals surface area contributed by atoms with E-state index in [9.17, 15) is 43.9 Å². The van der Waals surface area contributed by atoms with Gasteiger partial charge in [-0.25, -0.2) is 26.7 Å². The highest BCUT2D eigenvalue weighted by Crippen LogP contribution is 2.46. The van der Waals surface area contributed by atoms with Crippen LogP contribution in [0, 0.1) is 5.92 Å². The lowest BCUT2D eigenvalue weighted by atomic mass is 9.84. The van der Waals surface area contributed by atoms with E-state index in [1.165, 1.54) is 0 Å². The standard InChI is InChI=1S/C15H10F10O2/c16-5-26-7-3-8(17)12(9(18)4-7)6-1-10(19)13(11(20)2-6)14(21,22)27-15(23,24)25/h1,3,6-7H,2,4-5H2/t6-,7-/m0/s1. The van der Waals surface area contributed by atoms with Crippen molar-refractivity contribution in [3.05, 3.63) is 46.6 Å². The van der Waals surface area contributed by atoms with Crippen molar-refractivity contribution in [3.63, 3.8) is 0 Å². The molecule has 0 fully saturated rings. The largest absolute Gasteiger partial charge is 0.527 e. The first-order chi connectivity index (χ1) is 12.4. The summed E-state index contributed by atoms with van der Waals surface area (Å²) in [4.78, 5) is 0. The number of ether oxygens (including phenoxy) is 2. The van der Waals surface area contributed by atoms with Crippen LogP contribution in [-0.4, -0.2) is 25.4 Å². The van der Waals surface area contributed by atoms with Gasteiger partial charge in [0.1, 0.15) is 28.9 Å². The molecule has 0 aliphatic heterocycles. The van der Waals surface area contributed by atoms with E-state index in [0.717, 1.165) is 0 Å². The Hall–Kier alpha value is -1.82. The maximum Gasteiger partial charge on any atom is 0.527 e. The summed E-state index contributed by atoms with van der Waals surface area (Å²) in [6.07, 6.45) is -13.7. The fraction of sp³-hybridized carbons (Fsp3) is 0.467. The van der Waals surface area contributed by atoms with Crippen molar-refractivity contribution in [3.8, 4) is 0 Å². The molecule has 0 N–H and O–H groups in total. The molecule has 0 spiro atoms. The van der Waals surface area contributed by atoms with Crippen LogP contribution < -0.4 is 0 Å². The third kappa shape index (κ3) is 4.92. The van der Waals surface area contributed by atoms with Crippen LogP contribution in [0.4, 0.5) is 43.9 Å². The molecule has 2 atom stereocenters. The molecule has 152 valence electrons. The maximum atomic E-state index is 14.0. The molecule has 0 radical (unpaired) electrons. The van der Waals surface area contributed by atoms with Gasteiger partial charge < -0.3 is 4.74 Å². The summed E-state index contributed by atoms with van der Waals surface area (Å²) in [6, 6.07) is 0. The van der Waals surface area contributed by atoms with Crippen LogP contribution in [0.25, 0.3) is 0 Å². The van der Waals surface area contributed by atoms with Crippen LogP contribution >= 0.6 is 0 Å². The van der Waals surface area contributed by atoms with Gasteiger partial charge in [-0.15, -0.1) is 13.2 Å². The SMILES string of the molecule is FCO[C@H]1C=C(F)C([C@H]2C=C(F)C(C(F)(F)OC(F)(F)F)=C(F)C2)=C(F)C1. The third-order valence-corrected chi connectivity index (χ3v) is 3.70. The Morgan fingerprint density at radius 3 is 2.00 bits per heavy atom. The lowest BCUT2D eigenvalue weighted by molar-refractivity contribution is -0.412. The summed E-state index contributed by atoms with van der Waals surface area (Å²) >= 11 is 0. The molecule has 12 heteroatoms. The Balaban J connectivity index is 2.31. The monoisotopic (exact) mass is 412 g/mol. The van der Waals surface area contributed by atoms with Gasteiger partial charge in [-0.1, -0.05) is 0 Å². The van der Waals surface area contributed by atoms with Gasteiger partial charge in [-0.05, 0) is 12.2 Å². The zero-order chi connectivity index (χ0) is 20.6. The molecule has 0 aromatic heterocycles. The first-order valence-electron chi connectivity index (χ1n) is 7.21. The average molecular weight is 412 g/mol. The molecule has 0 unspecified atom stereocenters. The minimum absolute atomic E-state index is 0.157. The van der Waals surface area contributed by atoms with Crippen LogP contribution in [-0.2, 0) is 9.47 Å². The Labute approximate surface area is 145 Å². The van der Waals surface area contributed by atoms with Crippen molar-refractivity contribution in [2.24, 2.45) is 5.92 Å². The van der Waals surface area contributed by atoms with Gasteiger partial charge in [-0.3, -0.25) is 0 Å². The van der Waals surface area contributed by atoms with E-state index >= 15 is 0 Å². The lowest BCUT2D eigenvalue weighted by Crippen LogP contribution is -2.34. The van der Waals surface area contributed by atoms with Crippen molar-refractivity contribution in [1.29, 1.82) is 0 Å². The first-order valence-corrected chi connectivity index (χ1v) is 7.21. The summed E-state index contributed by atoms with van der Waals surface area (Å²) in [6.45, 7) is -1.36. The lowest BCUT2D eigenvalue weighted by Gasteiger charge is -2.28. The van der Waals surface area contributed by atoms with Crippen molar-refractivity contribution in [1.82, 2.24) is 0 Å². The molecule has 0 aromatic carbocycles. The van der Waals surface area contributed by atoms with Gasteiger partial charge in [0, 0.05) is 24.3 Å². The second kappa shape index (κ2) is 7.66. The summed E-state index contributed by atoms with van der Waals surface area (Å²) < 4.78 is 138. The van der Waals surface area contributed by atoms with Gasteiger partial charge in [0.15, 0.2) is 6.86 Å². The number of rotatable bonds is 5. The van der Waals surface area contributed by atoms with E-state index in [0.29, 0.717) is 6.08 Å². The Morgan fingerprint density at radius 1 is 0.889 bits per heavy atom. The van der Waals surface area contributed by atoms with Crippen LogP contribution in [0.5, 0.6) is 0 Å². The maximum absolute atomic E-state index is 14.0. The Bertz CT molecular complexity index is 717. The van der Waals surface area contributed by atoms with Crippen LogP contribution in [0.3, 0.4) is 0 Å². The Morgan fingerprint density at radius 2 is 1.52 bits per heavy atom. The van der Waals surface area contributed by atoms with Gasteiger partial charge in [0.25, 0.3) is 0 Å². The van der Waals surface area contributed by atoms with Crippen molar-refractivity contribution < 1.29 is 53.4 Å². The fourth-order valence-electron chi connectivity index (χ4n) is 2.72. The van der Waals surface area contributed by atoms with E-state index < -0.39 is 78.6 Å². The quantitative estimate of drug-likeness (QED) is 0.516. The minimum Gasteiger partial charge on any atom is -0.343 e.